The molecule has 1 aliphatic heterocycles. The molecule has 124 valence electrons. The van der Waals surface area contributed by atoms with Gasteiger partial charge in [-0.2, -0.15) is 0 Å². The summed E-state index contributed by atoms with van der Waals surface area (Å²) in [6.07, 6.45) is 2.51. The summed E-state index contributed by atoms with van der Waals surface area (Å²) in [7, 11) is 2.22. The van der Waals surface area contributed by atoms with E-state index in [4.69, 9.17) is 4.42 Å². The van der Waals surface area contributed by atoms with Crippen LogP contribution < -0.4 is 0 Å². The number of rotatable bonds is 5. The van der Waals surface area contributed by atoms with E-state index in [1.54, 1.807) is 0 Å². The van der Waals surface area contributed by atoms with Gasteiger partial charge in [-0.05, 0) is 63.8 Å². The second kappa shape index (κ2) is 7.65. The van der Waals surface area contributed by atoms with Crippen LogP contribution in [0.3, 0.4) is 0 Å². The van der Waals surface area contributed by atoms with E-state index in [1.807, 2.05) is 12.1 Å². The highest BCUT2D eigenvalue weighted by Crippen LogP contribution is 2.25. The summed E-state index contributed by atoms with van der Waals surface area (Å²) in [5.74, 6) is 1.99. The first-order valence-electron chi connectivity index (χ1n) is 8.43. The fourth-order valence-electron chi connectivity index (χ4n) is 3.28. The van der Waals surface area contributed by atoms with Gasteiger partial charge in [-0.25, -0.2) is 0 Å². The van der Waals surface area contributed by atoms with Crippen LogP contribution in [0.2, 0.25) is 0 Å². The number of benzene rings is 1. The van der Waals surface area contributed by atoms with Crippen LogP contribution in [0, 0.1) is 0 Å². The summed E-state index contributed by atoms with van der Waals surface area (Å²) in [6.45, 7) is 6.73. The molecule has 1 aromatic heterocycles. The minimum atomic E-state index is 0.666. The predicted molar refractivity (Wildman–Crippen MR) is 98.4 cm³/mol. The molecule has 23 heavy (non-hydrogen) atoms. The fraction of sp³-hybridized carbons (Fsp3) is 0.474. The van der Waals surface area contributed by atoms with Gasteiger partial charge >= 0.3 is 0 Å². The largest absolute Gasteiger partial charge is 0.460 e. The molecular weight excluding hydrogens is 352 g/mol. The monoisotopic (exact) mass is 376 g/mol. The number of likely N-dealkylation sites (tertiary alicyclic amines) is 1. The normalized spacial score (nSPS) is 17.0. The molecule has 1 fully saturated rings. The molecule has 0 radical (unpaired) electrons. The first kappa shape index (κ1) is 16.7. The molecule has 0 N–H and O–H groups in total. The maximum absolute atomic E-state index is 6.05. The molecule has 3 rings (SSSR count). The van der Waals surface area contributed by atoms with Crippen molar-refractivity contribution in [2.45, 2.75) is 32.4 Å². The summed E-state index contributed by atoms with van der Waals surface area (Å²) < 4.78 is 7.14. The van der Waals surface area contributed by atoms with E-state index in [-0.39, 0.29) is 0 Å². The Labute approximate surface area is 147 Å². The lowest BCUT2D eigenvalue weighted by atomic mass is 10.0. The number of nitrogens with zero attached hydrogens (tertiary/aromatic N) is 2. The van der Waals surface area contributed by atoms with Crippen LogP contribution in [0.15, 0.2) is 45.3 Å². The third-order valence-corrected chi connectivity index (χ3v) is 5.35. The second-order valence-corrected chi connectivity index (χ2v) is 7.27. The number of hydrogen-bond acceptors (Lipinski definition) is 3. The van der Waals surface area contributed by atoms with Gasteiger partial charge in [0.15, 0.2) is 0 Å². The molecule has 0 saturated carbocycles. The fourth-order valence-corrected chi connectivity index (χ4v) is 3.55. The van der Waals surface area contributed by atoms with Crippen molar-refractivity contribution in [1.82, 2.24) is 9.80 Å². The van der Waals surface area contributed by atoms with Crippen molar-refractivity contribution in [1.29, 1.82) is 0 Å². The van der Waals surface area contributed by atoms with Crippen LogP contribution in [0.25, 0.3) is 11.3 Å². The van der Waals surface area contributed by atoms with Gasteiger partial charge in [-0.3, -0.25) is 4.90 Å². The first-order valence-corrected chi connectivity index (χ1v) is 9.22. The van der Waals surface area contributed by atoms with E-state index in [1.165, 1.54) is 32.5 Å². The van der Waals surface area contributed by atoms with E-state index >= 15 is 0 Å². The molecule has 4 heteroatoms. The molecule has 0 amide bonds. The topological polar surface area (TPSA) is 19.6 Å². The van der Waals surface area contributed by atoms with Crippen molar-refractivity contribution in [2.75, 3.05) is 26.7 Å². The molecule has 0 bridgehead atoms. The van der Waals surface area contributed by atoms with Crippen LogP contribution in [-0.4, -0.2) is 42.5 Å². The molecule has 0 unspecified atom stereocenters. The molecule has 3 nitrogen and oxygen atoms in total. The molecule has 1 aliphatic rings. The number of halogens is 1. The minimum Gasteiger partial charge on any atom is -0.460 e. The van der Waals surface area contributed by atoms with Crippen molar-refractivity contribution in [2.24, 2.45) is 0 Å². The summed E-state index contributed by atoms with van der Waals surface area (Å²) in [5.41, 5.74) is 1.12. The van der Waals surface area contributed by atoms with Gasteiger partial charge < -0.3 is 9.32 Å². The van der Waals surface area contributed by atoms with E-state index in [0.29, 0.717) is 6.04 Å². The predicted octanol–water partition coefficient (Wildman–Crippen LogP) is 4.63. The lowest BCUT2D eigenvalue weighted by molar-refractivity contribution is 0.121. The van der Waals surface area contributed by atoms with Gasteiger partial charge in [-0.15, -0.1) is 0 Å². The van der Waals surface area contributed by atoms with Crippen LogP contribution in [0.5, 0.6) is 0 Å². The number of furan rings is 1. The summed E-state index contributed by atoms with van der Waals surface area (Å²) >= 11 is 3.47. The van der Waals surface area contributed by atoms with E-state index in [0.717, 1.165) is 28.1 Å². The number of piperidine rings is 1. The zero-order valence-corrected chi connectivity index (χ0v) is 15.6. The van der Waals surface area contributed by atoms with Crippen molar-refractivity contribution >= 4 is 15.9 Å². The van der Waals surface area contributed by atoms with Crippen molar-refractivity contribution in [3.63, 3.8) is 0 Å². The van der Waals surface area contributed by atoms with E-state index in [2.05, 4.69) is 64.0 Å². The summed E-state index contributed by atoms with van der Waals surface area (Å²) in [4.78, 5) is 4.97. The average Bonchev–Trinajstić information content (AvgIpc) is 3.04. The average molecular weight is 377 g/mol. The zero-order valence-electron chi connectivity index (χ0n) is 14.0. The standard InChI is InChI=1S/C19H25BrN2O/c1-3-22-12-10-17(11-13-22)21(2)14-18-8-9-19(23-18)15-4-6-16(20)7-5-15/h4-9,17H,3,10-14H2,1-2H3. The smallest absolute Gasteiger partial charge is 0.134 e. The van der Waals surface area contributed by atoms with Crippen LogP contribution in [0.4, 0.5) is 0 Å². The van der Waals surface area contributed by atoms with E-state index < -0.39 is 0 Å². The summed E-state index contributed by atoms with van der Waals surface area (Å²) in [6, 6.07) is 13.1. The Kier molecular flexibility index (Phi) is 5.57. The molecule has 1 aromatic carbocycles. The van der Waals surface area contributed by atoms with Gasteiger partial charge in [0.1, 0.15) is 11.5 Å². The Morgan fingerprint density at radius 3 is 2.48 bits per heavy atom. The first-order chi connectivity index (χ1) is 11.2. The van der Waals surface area contributed by atoms with Crippen LogP contribution in [-0.2, 0) is 6.54 Å². The summed E-state index contributed by atoms with van der Waals surface area (Å²) in [5, 5.41) is 0. The lowest BCUT2D eigenvalue weighted by Gasteiger charge is -2.35. The second-order valence-electron chi connectivity index (χ2n) is 6.35. The Morgan fingerprint density at radius 1 is 1.13 bits per heavy atom. The van der Waals surface area contributed by atoms with Crippen LogP contribution in [0.1, 0.15) is 25.5 Å². The third kappa shape index (κ3) is 4.25. The van der Waals surface area contributed by atoms with Gasteiger partial charge in [0.05, 0.1) is 6.54 Å². The molecule has 0 aliphatic carbocycles. The van der Waals surface area contributed by atoms with E-state index in [9.17, 15) is 0 Å². The zero-order chi connectivity index (χ0) is 16.2. The molecule has 0 spiro atoms. The highest BCUT2D eigenvalue weighted by molar-refractivity contribution is 9.10. The lowest BCUT2D eigenvalue weighted by Crippen LogP contribution is -2.42. The Morgan fingerprint density at radius 2 is 1.83 bits per heavy atom. The molecule has 1 saturated heterocycles. The Balaban J connectivity index is 1.59. The minimum absolute atomic E-state index is 0.666. The maximum atomic E-state index is 6.05. The van der Waals surface area contributed by atoms with Gasteiger partial charge in [0, 0.05) is 16.1 Å². The van der Waals surface area contributed by atoms with Crippen molar-refractivity contribution in [3.8, 4) is 11.3 Å². The molecule has 2 heterocycles. The van der Waals surface area contributed by atoms with Gasteiger partial charge in [0.25, 0.3) is 0 Å². The molecular formula is C19H25BrN2O. The Hall–Kier alpha value is -1.10. The molecule has 0 atom stereocenters. The van der Waals surface area contributed by atoms with Crippen molar-refractivity contribution in [3.05, 3.63) is 46.6 Å². The maximum Gasteiger partial charge on any atom is 0.134 e. The molecule has 2 aromatic rings. The van der Waals surface area contributed by atoms with Crippen LogP contribution >= 0.6 is 15.9 Å². The van der Waals surface area contributed by atoms with Gasteiger partial charge in [-0.1, -0.05) is 35.0 Å². The highest BCUT2D eigenvalue weighted by atomic mass is 79.9. The quantitative estimate of drug-likeness (QED) is 0.758. The third-order valence-electron chi connectivity index (χ3n) is 4.82. The van der Waals surface area contributed by atoms with Gasteiger partial charge in [0.2, 0.25) is 0 Å². The highest BCUT2D eigenvalue weighted by Gasteiger charge is 2.22. The SMILES string of the molecule is CCN1CCC(N(C)Cc2ccc(-c3ccc(Br)cc3)o2)CC1. The van der Waals surface area contributed by atoms with Crippen molar-refractivity contribution < 1.29 is 4.42 Å². The number of hydrogen-bond donors (Lipinski definition) is 0. The Bertz CT molecular complexity index is 615.